The molecule has 0 aliphatic heterocycles. The Labute approximate surface area is 219 Å². The summed E-state index contributed by atoms with van der Waals surface area (Å²) in [5.41, 5.74) is 0.861. The highest BCUT2D eigenvalue weighted by molar-refractivity contribution is 7.16. The molecule has 0 radical (unpaired) electrons. The van der Waals surface area contributed by atoms with Gasteiger partial charge in [-0.2, -0.15) is 20.1 Å². The number of nitrogens with zero attached hydrogens (tertiary/aromatic N) is 2. The summed E-state index contributed by atoms with van der Waals surface area (Å²) in [6.07, 6.45) is 1.53. The van der Waals surface area contributed by atoms with Gasteiger partial charge in [0.1, 0.15) is 18.0 Å². The molecule has 4 rings (SSSR count). The first-order chi connectivity index (χ1) is 17.6. The smallest absolute Gasteiger partial charge is 0.382 e. The number of thiophene rings is 1. The fourth-order valence-corrected chi connectivity index (χ4v) is 5.31. The Morgan fingerprint density at radius 3 is 2.59 bits per heavy atom. The number of halogens is 2. The van der Waals surface area contributed by atoms with Crippen molar-refractivity contribution in [3.05, 3.63) is 81.0 Å². The number of rotatable bonds is 10. The van der Waals surface area contributed by atoms with Gasteiger partial charge in [0.25, 0.3) is 0 Å². The van der Waals surface area contributed by atoms with Crippen LogP contribution in [0.15, 0.2) is 59.4 Å². The summed E-state index contributed by atoms with van der Waals surface area (Å²) >= 11 is 2.88. The Balaban J connectivity index is 1.58. The predicted octanol–water partition coefficient (Wildman–Crippen LogP) is 6.74. The molecule has 0 bridgehead atoms. The number of pyridine rings is 1. The van der Waals surface area contributed by atoms with Crippen molar-refractivity contribution in [3.8, 4) is 11.3 Å². The molecule has 0 saturated heterocycles. The maximum absolute atomic E-state index is 14.9. The first-order valence-electron chi connectivity index (χ1n) is 11.3. The maximum atomic E-state index is 14.9. The maximum Gasteiger partial charge on any atom is 0.382 e. The number of alkyl halides is 2. The van der Waals surface area contributed by atoms with Gasteiger partial charge in [-0.3, -0.25) is 0 Å². The molecule has 0 aliphatic rings. The van der Waals surface area contributed by atoms with Crippen LogP contribution in [0.3, 0.4) is 0 Å². The van der Waals surface area contributed by atoms with Crippen LogP contribution < -0.4 is 5.32 Å². The summed E-state index contributed by atoms with van der Waals surface area (Å²) in [5.74, 6) is -7.17. The van der Waals surface area contributed by atoms with Crippen LogP contribution in [0, 0.1) is 5.92 Å². The van der Waals surface area contributed by atoms with Gasteiger partial charge in [0.05, 0.1) is 11.3 Å². The molecule has 0 unspecified atom stereocenters. The van der Waals surface area contributed by atoms with Crippen LogP contribution in [-0.2, 0) is 28.5 Å². The third kappa shape index (κ3) is 6.17. The van der Waals surface area contributed by atoms with E-state index in [0.29, 0.717) is 16.6 Å². The van der Waals surface area contributed by atoms with Gasteiger partial charge in [-0.15, -0.1) is 11.3 Å². The molecule has 0 saturated carbocycles. The van der Waals surface area contributed by atoms with Crippen molar-refractivity contribution in [1.29, 1.82) is 0 Å². The standard InChI is InChI=1S/C26H23F2N3O4S2/c1-15(2)10-20-21(17-8-9-36-14-17)30-25(37-20)31-22-19(23(32)33)11-18(12-29-22)26(27,28)24(34)35-13-16-6-4-3-5-7-16/h3-9,11-12,14-15H,10,13H2,1-2H3,(H,32,33)(H,29,30,31). The minimum atomic E-state index is -4.09. The van der Waals surface area contributed by atoms with Gasteiger partial charge < -0.3 is 15.2 Å². The van der Waals surface area contributed by atoms with Gasteiger partial charge in [-0.05, 0) is 35.4 Å². The van der Waals surface area contributed by atoms with Crippen molar-refractivity contribution in [1.82, 2.24) is 9.97 Å². The molecule has 37 heavy (non-hydrogen) atoms. The van der Waals surface area contributed by atoms with Crippen LogP contribution >= 0.6 is 22.7 Å². The first-order valence-corrected chi connectivity index (χ1v) is 13.0. The minimum Gasteiger partial charge on any atom is -0.478 e. The summed E-state index contributed by atoms with van der Waals surface area (Å²) in [6.45, 7) is 3.82. The molecule has 1 aromatic carbocycles. The van der Waals surface area contributed by atoms with Crippen LogP contribution in [-0.4, -0.2) is 27.0 Å². The fourth-order valence-electron chi connectivity index (χ4n) is 3.47. The van der Waals surface area contributed by atoms with Gasteiger partial charge >= 0.3 is 17.9 Å². The van der Waals surface area contributed by atoms with Crippen LogP contribution in [0.25, 0.3) is 11.3 Å². The molecule has 2 N–H and O–H groups in total. The molecule has 0 spiro atoms. The van der Waals surface area contributed by atoms with E-state index in [-0.39, 0.29) is 12.4 Å². The SMILES string of the molecule is CC(C)Cc1sc(Nc2ncc(C(F)(F)C(=O)OCc3ccccc3)cc2C(=O)O)nc1-c1ccsc1. The van der Waals surface area contributed by atoms with Gasteiger partial charge in [0.15, 0.2) is 5.13 Å². The molecule has 0 aliphatic carbocycles. The summed E-state index contributed by atoms with van der Waals surface area (Å²) in [7, 11) is 0. The number of hydrogen-bond donors (Lipinski definition) is 2. The van der Waals surface area contributed by atoms with Gasteiger partial charge in [0, 0.05) is 22.0 Å². The number of ether oxygens (including phenoxy) is 1. The number of carbonyl (C=O) groups is 2. The molecular weight excluding hydrogens is 520 g/mol. The van der Waals surface area contributed by atoms with E-state index in [1.165, 1.54) is 22.7 Å². The number of carboxylic acids is 1. The average Bonchev–Trinajstić information content (AvgIpc) is 3.53. The lowest BCUT2D eigenvalue weighted by molar-refractivity contribution is -0.175. The van der Waals surface area contributed by atoms with Gasteiger partial charge in [-0.25, -0.2) is 19.6 Å². The number of thiazole rings is 1. The van der Waals surface area contributed by atoms with Crippen molar-refractivity contribution in [3.63, 3.8) is 0 Å². The Morgan fingerprint density at radius 2 is 1.95 bits per heavy atom. The lowest BCUT2D eigenvalue weighted by Gasteiger charge is -2.16. The molecule has 11 heteroatoms. The summed E-state index contributed by atoms with van der Waals surface area (Å²) < 4.78 is 34.5. The molecule has 0 fully saturated rings. The third-order valence-electron chi connectivity index (χ3n) is 5.26. The quantitative estimate of drug-likeness (QED) is 0.214. The second kappa shape index (κ2) is 11.1. The number of carboxylic acid groups (broad SMARTS) is 1. The molecule has 0 amide bonds. The van der Waals surface area contributed by atoms with E-state index in [9.17, 15) is 23.5 Å². The highest BCUT2D eigenvalue weighted by atomic mass is 32.1. The Morgan fingerprint density at radius 1 is 1.19 bits per heavy atom. The number of aromatic carboxylic acids is 1. The molecule has 3 aromatic heterocycles. The van der Waals surface area contributed by atoms with E-state index < -0.39 is 29.0 Å². The van der Waals surface area contributed by atoms with E-state index in [1.54, 1.807) is 30.3 Å². The van der Waals surface area contributed by atoms with Crippen LogP contribution in [0.4, 0.5) is 19.7 Å². The molecule has 3 heterocycles. The number of carbonyl (C=O) groups excluding carboxylic acids is 1. The predicted molar refractivity (Wildman–Crippen MR) is 139 cm³/mol. The zero-order valence-electron chi connectivity index (χ0n) is 19.9. The molecule has 4 aromatic rings. The summed E-state index contributed by atoms with van der Waals surface area (Å²) in [5, 5.41) is 16.9. The number of benzene rings is 1. The van der Waals surface area contributed by atoms with Crippen molar-refractivity contribution in [2.24, 2.45) is 5.92 Å². The number of esters is 1. The van der Waals surface area contributed by atoms with Crippen LogP contribution in [0.1, 0.15) is 40.2 Å². The highest BCUT2D eigenvalue weighted by Gasteiger charge is 2.44. The van der Waals surface area contributed by atoms with Gasteiger partial charge in [0.2, 0.25) is 0 Å². The Hall–Kier alpha value is -3.70. The summed E-state index contributed by atoms with van der Waals surface area (Å²) in [6, 6.07) is 11.1. The van der Waals surface area contributed by atoms with E-state index in [2.05, 4.69) is 29.1 Å². The molecule has 0 atom stereocenters. The summed E-state index contributed by atoms with van der Waals surface area (Å²) in [4.78, 5) is 33.6. The van der Waals surface area contributed by atoms with Crippen molar-refractivity contribution >= 4 is 45.6 Å². The second-order valence-electron chi connectivity index (χ2n) is 8.59. The zero-order chi connectivity index (χ0) is 26.6. The zero-order valence-corrected chi connectivity index (χ0v) is 21.5. The highest BCUT2D eigenvalue weighted by Crippen LogP contribution is 2.36. The number of aromatic nitrogens is 2. The Kier molecular flexibility index (Phi) is 7.94. The van der Waals surface area contributed by atoms with E-state index in [4.69, 9.17) is 4.74 Å². The lowest BCUT2D eigenvalue weighted by atomic mass is 10.1. The van der Waals surface area contributed by atoms with Crippen molar-refractivity contribution in [2.45, 2.75) is 32.8 Å². The van der Waals surface area contributed by atoms with Crippen molar-refractivity contribution < 1.29 is 28.2 Å². The number of hydrogen-bond acceptors (Lipinski definition) is 8. The number of anilines is 2. The average molecular weight is 544 g/mol. The van der Waals surface area contributed by atoms with Gasteiger partial charge in [-0.1, -0.05) is 44.2 Å². The normalized spacial score (nSPS) is 11.5. The molecule has 192 valence electrons. The second-order valence-corrected chi connectivity index (χ2v) is 10.5. The largest absolute Gasteiger partial charge is 0.478 e. The minimum absolute atomic E-state index is 0.161. The lowest BCUT2D eigenvalue weighted by Crippen LogP contribution is -2.29. The van der Waals surface area contributed by atoms with Crippen molar-refractivity contribution in [2.75, 3.05) is 5.32 Å². The Bertz CT molecular complexity index is 1390. The van der Waals surface area contributed by atoms with E-state index in [1.807, 2.05) is 16.8 Å². The van der Waals surface area contributed by atoms with Crippen LogP contribution in [0.2, 0.25) is 0 Å². The third-order valence-corrected chi connectivity index (χ3v) is 6.94. The van der Waals surface area contributed by atoms with E-state index >= 15 is 0 Å². The van der Waals surface area contributed by atoms with Crippen LogP contribution in [0.5, 0.6) is 0 Å². The topological polar surface area (TPSA) is 101 Å². The monoisotopic (exact) mass is 543 g/mol. The van der Waals surface area contributed by atoms with E-state index in [0.717, 1.165) is 34.8 Å². The molecule has 7 nitrogen and oxygen atoms in total. The fraction of sp³-hybridized carbons (Fsp3) is 0.231. The first kappa shape index (κ1) is 26.4. The number of nitrogens with one attached hydrogen (secondary N) is 1. The molecular formula is C26H23F2N3O4S2.